The summed E-state index contributed by atoms with van der Waals surface area (Å²) in [4.78, 5) is 8.46. The van der Waals surface area contributed by atoms with Gasteiger partial charge in [0.1, 0.15) is 0 Å². The highest BCUT2D eigenvalue weighted by Gasteiger charge is 2.11. The summed E-state index contributed by atoms with van der Waals surface area (Å²) < 4.78 is 1.84. The van der Waals surface area contributed by atoms with E-state index in [0.717, 1.165) is 17.1 Å². The Balaban J connectivity index is 2.62. The van der Waals surface area contributed by atoms with Crippen LogP contribution in [-0.4, -0.2) is 14.5 Å². The highest BCUT2D eigenvalue weighted by molar-refractivity contribution is 5.60. The molecule has 0 atom stereocenters. The van der Waals surface area contributed by atoms with Crippen LogP contribution in [0.25, 0.3) is 11.4 Å². The molecule has 4 nitrogen and oxygen atoms in total. The van der Waals surface area contributed by atoms with Crippen molar-refractivity contribution in [2.45, 2.75) is 6.92 Å². The highest BCUT2D eigenvalue weighted by atomic mass is 15.1. The van der Waals surface area contributed by atoms with E-state index in [1.54, 1.807) is 6.20 Å². The van der Waals surface area contributed by atoms with Crippen LogP contribution in [0.3, 0.4) is 0 Å². The van der Waals surface area contributed by atoms with E-state index in [9.17, 15) is 0 Å². The molecule has 0 unspecified atom stereocenters. The Labute approximate surface area is 82.4 Å². The van der Waals surface area contributed by atoms with Gasteiger partial charge in [0.15, 0.2) is 0 Å². The predicted octanol–water partition coefficient (Wildman–Crippen LogP) is 1.37. The van der Waals surface area contributed by atoms with Crippen molar-refractivity contribution in [3.8, 4) is 11.4 Å². The number of imidazole rings is 1. The summed E-state index contributed by atoms with van der Waals surface area (Å²) in [5.41, 5.74) is 8.48. The highest BCUT2D eigenvalue weighted by Crippen LogP contribution is 2.22. The number of anilines is 1. The van der Waals surface area contributed by atoms with Gasteiger partial charge in [-0.1, -0.05) is 6.07 Å². The Morgan fingerprint density at radius 3 is 2.64 bits per heavy atom. The van der Waals surface area contributed by atoms with Crippen molar-refractivity contribution >= 4 is 5.95 Å². The standard InChI is InChI=1S/C10H12N4/c1-7-9(14(2)10(11)13-7)8-5-3-4-6-12-8/h3-6H,1-2H3,(H2,11,13). The SMILES string of the molecule is Cc1nc(N)n(C)c1-c1ccccn1. The molecule has 0 aliphatic carbocycles. The number of aromatic nitrogens is 3. The maximum Gasteiger partial charge on any atom is 0.200 e. The topological polar surface area (TPSA) is 56.7 Å². The van der Waals surface area contributed by atoms with E-state index in [-0.39, 0.29) is 0 Å². The minimum Gasteiger partial charge on any atom is -0.369 e. The molecule has 0 aromatic carbocycles. The Hall–Kier alpha value is -1.84. The summed E-state index contributed by atoms with van der Waals surface area (Å²) in [6, 6.07) is 5.78. The van der Waals surface area contributed by atoms with Gasteiger partial charge in [-0.3, -0.25) is 4.98 Å². The third-order valence-corrected chi connectivity index (χ3v) is 2.21. The Bertz CT molecular complexity index is 445. The molecule has 0 amide bonds. The van der Waals surface area contributed by atoms with Crippen molar-refractivity contribution in [2.24, 2.45) is 7.05 Å². The first-order valence-electron chi connectivity index (χ1n) is 4.40. The number of pyridine rings is 1. The summed E-state index contributed by atoms with van der Waals surface area (Å²) in [6.45, 7) is 1.93. The normalized spacial score (nSPS) is 10.4. The molecule has 0 saturated heterocycles. The van der Waals surface area contributed by atoms with Crippen molar-refractivity contribution in [1.82, 2.24) is 14.5 Å². The van der Waals surface area contributed by atoms with Crippen LogP contribution in [0.15, 0.2) is 24.4 Å². The third-order valence-electron chi connectivity index (χ3n) is 2.21. The molecule has 2 N–H and O–H groups in total. The summed E-state index contributed by atoms with van der Waals surface area (Å²) in [6.07, 6.45) is 1.76. The first-order chi connectivity index (χ1) is 6.70. The van der Waals surface area contributed by atoms with Crippen molar-refractivity contribution in [1.29, 1.82) is 0 Å². The summed E-state index contributed by atoms with van der Waals surface area (Å²) in [7, 11) is 1.89. The smallest absolute Gasteiger partial charge is 0.200 e. The number of hydrogen-bond acceptors (Lipinski definition) is 3. The van der Waals surface area contributed by atoms with Gasteiger partial charge in [-0.2, -0.15) is 0 Å². The molecule has 0 aliphatic heterocycles. The minimum atomic E-state index is 0.517. The fraction of sp³-hybridized carbons (Fsp3) is 0.200. The second kappa shape index (κ2) is 3.14. The van der Waals surface area contributed by atoms with Crippen LogP contribution in [0.4, 0.5) is 5.95 Å². The molecule has 2 aromatic rings. The van der Waals surface area contributed by atoms with Gasteiger partial charge >= 0.3 is 0 Å². The van der Waals surface area contributed by atoms with Gasteiger partial charge in [0.25, 0.3) is 0 Å². The molecule has 14 heavy (non-hydrogen) atoms. The van der Waals surface area contributed by atoms with E-state index < -0.39 is 0 Å². The van der Waals surface area contributed by atoms with Crippen molar-refractivity contribution in [2.75, 3.05) is 5.73 Å². The van der Waals surface area contributed by atoms with E-state index in [1.165, 1.54) is 0 Å². The lowest BCUT2D eigenvalue weighted by atomic mass is 10.2. The van der Waals surface area contributed by atoms with Gasteiger partial charge in [-0.05, 0) is 19.1 Å². The van der Waals surface area contributed by atoms with Crippen LogP contribution >= 0.6 is 0 Å². The van der Waals surface area contributed by atoms with Gasteiger partial charge in [0.05, 0.1) is 17.1 Å². The monoisotopic (exact) mass is 188 g/mol. The molecule has 2 heterocycles. The minimum absolute atomic E-state index is 0.517. The van der Waals surface area contributed by atoms with Crippen molar-refractivity contribution in [3.05, 3.63) is 30.1 Å². The molecule has 0 aliphatic rings. The number of nitrogen functional groups attached to an aromatic ring is 1. The summed E-state index contributed by atoms with van der Waals surface area (Å²) >= 11 is 0. The Morgan fingerprint density at radius 1 is 1.36 bits per heavy atom. The lowest BCUT2D eigenvalue weighted by molar-refractivity contribution is 0.932. The van der Waals surface area contributed by atoms with E-state index in [1.807, 2.05) is 36.7 Å². The Morgan fingerprint density at radius 2 is 2.14 bits per heavy atom. The van der Waals surface area contributed by atoms with E-state index in [2.05, 4.69) is 9.97 Å². The average molecular weight is 188 g/mol. The molecule has 0 fully saturated rings. The molecular formula is C10H12N4. The Kier molecular flexibility index (Phi) is 1.96. The van der Waals surface area contributed by atoms with Crippen LogP contribution in [0.5, 0.6) is 0 Å². The van der Waals surface area contributed by atoms with Crippen LogP contribution in [0.2, 0.25) is 0 Å². The number of nitrogens with zero attached hydrogens (tertiary/aromatic N) is 3. The van der Waals surface area contributed by atoms with E-state index in [4.69, 9.17) is 5.73 Å². The molecule has 72 valence electrons. The molecule has 2 rings (SSSR count). The molecule has 2 aromatic heterocycles. The van der Waals surface area contributed by atoms with Crippen LogP contribution in [0, 0.1) is 6.92 Å². The molecule has 0 bridgehead atoms. The lowest BCUT2D eigenvalue weighted by Crippen LogP contribution is -1.99. The first-order valence-corrected chi connectivity index (χ1v) is 4.40. The number of hydrogen-bond donors (Lipinski definition) is 1. The molecule has 0 saturated carbocycles. The molecule has 4 heteroatoms. The van der Waals surface area contributed by atoms with Gasteiger partial charge in [-0.15, -0.1) is 0 Å². The van der Waals surface area contributed by atoms with Crippen LogP contribution in [-0.2, 0) is 7.05 Å². The fourth-order valence-electron chi connectivity index (χ4n) is 1.52. The van der Waals surface area contributed by atoms with Crippen LogP contribution in [0.1, 0.15) is 5.69 Å². The number of nitrogens with two attached hydrogens (primary N) is 1. The van der Waals surface area contributed by atoms with Crippen LogP contribution < -0.4 is 5.73 Å². The van der Waals surface area contributed by atoms with E-state index in [0.29, 0.717) is 5.95 Å². The lowest BCUT2D eigenvalue weighted by Gasteiger charge is -2.02. The molecular weight excluding hydrogens is 176 g/mol. The van der Waals surface area contributed by atoms with E-state index >= 15 is 0 Å². The first kappa shape index (κ1) is 8.74. The van der Waals surface area contributed by atoms with Gasteiger partial charge < -0.3 is 10.3 Å². The quantitative estimate of drug-likeness (QED) is 0.735. The second-order valence-corrected chi connectivity index (χ2v) is 3.18. The third kappa shape index (κ3) is 1.25. The summed E-state index contributed by atoms with van der Waals surface area (Å²) in [5, 5.41) is 0. The largest absolute Gasteiger partial charge is 0.369 e. The zero-order valence-corrected chi connectivity index (χ0v) is 8.23. The van der Waals surface area contributed by atoms with Gasteiger partial charge in [0, 0.05) is 13.2 Å². The zero-order valence-electron chi connectivity index (χ0n) is 8.23. The second-order valence-electron chi connectivity index (χ2n) is 3.18. The maximum atomic E-state index is 5.70. The zero-order chi connectivity index (χ0) is 10.1. The number of rotatable bonds is 1. The number of aryl methyl sites for hydroxylation is 1. The van der Waals surface area contributed by atoms with Crippen molar-refractivity contribution < 1.29 is 0 Å². The predicted molar refractivity (Wildman–Crippen MR) is 55.6 cm³/mol. The maximum absolute atomic E-state index is 5.70. The van der Waals surface area contributed by atoms with Crippen molar-refractivity contribution in [3.63, 3.8) is 0 Å². The van der Waals surface area contributed by atoms with Gasteiger partial charge in [-0.25, -0.2) is 4.98 Å². The van der Waals surface area contributed by atoms with Gasteiger partial charge in [0.2, 0.25) is 5.95 Å². The fourth-order valence-corrected chi connectivity index (χ4v) is 1.52. The molecule has 0 radical (unpaired) electrons. The average Bonchev–Trinajstić information content (AvgIpc) is 2.43. The summed E-state index contributed by atoms with van der Waals surface area (Å²) in [5.74, 6) is 0.517. The molecule has 0 spiro atoms.